The van der Waals surface area contributed by atoms with Gasteiger partial charge in [0.2, 0.25) is 0 Å². The van der Waals surface area contributed by atoms with E-state index in [1.54, 1.807) is 0 Å². The second-order valence-corrected chi connectivity index (χ2v) is 8.27. The fourth-order valence-electron chi connectivity index (χ4n) is 3.46. The molecule has 1 N–H and O–H groups in total. The number of halogens is 1. The monoisotopic (exact) mass is 351 g/mol. The molecule has 0 radical (unpaired) electrons. The smallest absolute Gasteiger partial charge is 0.251 e. The van der Waals surface area contributed by atoms with Gasteiger partial charge in [-0.05, 0) is 54.9 Å². The highest BCUT2D eigenvalue weighted by Crippen LogP contribution is 2.38. The van der Waals surface area contributed by atoms with Crippen molar-refractivity contribution < 1.29 is 4.79 Å². The molecule has 1 amide bonds. The van der Waals surface area contributed by atoms with Crippen LogP contribution in [0.3, 0.4) is 0 Å². The van der Waals surface area contributed by atoms with Crippen LogP contribution in [-0.2, 0) is 0 Å². The van der Waals surface area contributed by atoms with Gasteiger partial charge in [-0.25, -0.2) is 0 Å². The highest BCUT2D eigenvalue weighted by molar-refractivity contribution is 9.10. The Labute approximate surface area is 136 Å². The number of aryl methyl sites for hydroxylation is 1. The van der Waals surface area contributed by atoms with E-state index in [1.165, 1.54) is 19.3 Å². The third kappa shape index (κ3) is 4.32. The van der Waals surface area contributed by atoms with Gasteiger partial charge in [-0.1, -0.05) is 49.5 Å². The van der Waals surface area contributed by atoms with Crippen molar-refractivity contribution in [3.8, 4) is 0 Å². The zero-order valence-corrected chi connectivity index (χ0v) is 15.1. The minimum Gasteiger partial charge on any atom is -0.349 e. The van der Waals surface area contributed by atoms with Crippen LogP contribution in [0.15, 0.2) is 22.7 Å². The van der Waals surface area contributed by atoms with Gasteiger partial charge in [-0.2, -0.15) is 0 Å². The summed E-state index contributed by atoms with van der Waals surface area (Å²) in [6, 6.07) is 6.17. The number of hydrogen-bond acceptors (Lipinski definition) is 1. The molecular formula is C18H26BrNO. The Kier molecular flexibility index (Phi) is 5.13. The van der Waals surface area contributed by atoms with Crippen molar-refractivity contribution in [1.82, 2.24) is 5.32 Å². The Morgan fingerprint density at radius 3 is 2.48 bits per heavy atom. The number of rotatable bonds is 2. The molecule has 0 heterocycles. The fourth-order valence-corrected chi connectivity index (χ4v) is 4.07. The maximum Gasteiger partial charge on any atom is 0.251 e. The molecule has 116 valence electrons. The average Bonchev–Trinajstić information content (AvgIpc) is 2.37. The molecule has 1 aromatic carbocycles. The molecule has 0 aliphatic heterocycles. The zero-order valence-electron chi connectivity index (χ0n) is 13.5. The van der Waals surface area contributed by atoms with E-state index in [-0.39, 0.29) is 11.3 Å². The van der Waals surface area contributed by atoms with Crippen LogP contribution in [0.5, 0.6) is 0 Å². The van der Waals surface area contributed by atoms with Gasteiger partial charge in [-0.3, -0.25) is 4.79 Å². The lowest BCUT2D eigenvalue weighted by atomic mass is 9.69. The van der Waals surface area contributed by atoms with Crippen molar-refractivity contribution in [3.05, 3.63) is 33.8 Å². The van der Waals surface area contributed by atoms with Gasteiger partial charge < -0.3 is 5.32 Å². The Morgan fingerprint density at radius 1 is 1.19 bits per heavy atom. The van der Waals surface area contributed by atoms with E-state index in [4.69, 9.17) is 0 Å². The summed E-state index contributed by atoms with van der Waals surface area (Å²) in [5, 5.41) is 3.29. The molecule has 2 rings (SSSR count). The van der Waals surface area contributed by atoms with Crippen LogP contribution in [0, 0.1) is 18.3 Å². The number of carbonyl (C=O) groups excluding carboxylic acids is 1. The SMILES string of the molecule is Cc1cc(Br)cc(C(=O)NC2CCCCC2C(C)(C)C)c1. The molecule has 21 heavy (non-hydrogen) atoms. The van der Waals surface area contributed by atoms with Crippen molar-refractivity contribution in [2.75, 3.05) is 0 Å². The zero-order chi connectivity index (χ0) is 15.6. The van der Waals surface area contributed by atoms with Crippen LogP contribution < -0.4 is 5.32 Å². The summed E-state index contributed by atoms with van der Waals surface area (Å²) < 4.78 is 0.962. The average molecular weight is 352 g/mol. The van der Waals surface area contributed by atoms with Crippen molar-refractivity contribution in [2.45, 2.75) is 59.4 Å². The second-order valence-electron chi connectivity index (χ2n) is 7.35. The summed E-state index contributed by atoms with van der Waals surface area (Å²) in [6.07, 6.45) is 4.81. The summed E-state index contributed by atoms with van der Waals surface area (Å²) in [6.45, 7) is 8.86. The van der Waals surface area contributed by atoms with E-state index < -0.39 is 0 Å². The van der Waals surface area contributed by atoms with Crippen LogP contribution in [0.2, 0.25) is 0 Å². The maximum absolute atomic E-state index is 12.6. The van der Waals surface area contributed by atoms with E-state index in [2.05, 4.69) is 42.0 Å². The Hall–Kier alpha value is -0.830. The van der Waals surface area contributed by atoms with Gasteiger partial charge >= 0.3 is 0 Å². The van der Waals surface area contributed by atoms with Gasteiger partial charge in [0.1, 0.15) is 0 Å². The van der Waals surface area contributed by atoms with Crippen LogP contribution in [0.25, 0.3) is 0 Å². The molecule has 2 nitrogen and oxygen atoms in total. The summed E-state index contributed by atoms with van der Waals surface area (Å²) in [5.74, 6) is 0.615. The minimum absolute atomic E-state index is 0.0561. The van der Waals surface area contributed by atoms with E-state index in [0.717, 1.165) is 22.0 Å². The summed E-state index contributed by atoms with van der Waals surface area (Å²) in [4.78, 5) is 12.6. The van der Waals surface area contributed by atoms with Gasteiger partial charge in [0, 0.05) is 16.1 Å². The lowest BCUT2D eigenvalue weighted by Gasteiger charge is -2.40. The first kappa shape index (κ1) is 16.5. The van der Waals surface area contributed by atoms with Crippen molar-refractivity contribution in [3.63, 3.8) is 0 Å². The van der Waals surface area contributed by atoms with Crippen LogP contribution in [0.4, 0.5) is 0 Å². The molecule has 0 spiro atoms. The molecule has 0 bridgehead atoms. The number of amides is 1. The van der Waals surface area contributed by atoms with E-state index >= 15 is 0 Å². The molecule has 1 saturated carbocycles. The lowest BCUT2D eigenvalue weighted by molar-refractivity contribution is 0.0830. The molecule has 2 atom stereocenters. The quantitative estimate of drug-likeness (QED) is 0.789. The van der Waals surface area contributed by atoms with Crippen molar-refractivity contribution >= 4 is 21.8 Å². The topological polar surface area (TPSA) is 29.1 Å². The maximum atomic E-state index is 12.6. The lowest BCUT2D eigenvalue weighted by Crippen LogP contribution is -2.46. The standard InChI is InChI=1S/C18H26BrNO/c1-12-9-13(11-14(19)10-12)17(21)20-16-8-6-5-7-15(16)18(2,3)4/h9-11,15-16H,5-8H2,1-4H3,(H,20,21). The van der Waals surface area contributed by atoms with Crippen LogP contribution >= 0.6 is 15.9 Å². The number of hydrogen-bond donors (Lipinski definition) is 1. The normalized spacial score (nSPS) is 22.9. The molecule has 2 unspecified atom stereocenters. The highest BCUT2D eigenvalue weighted by Gasteiger charge is 2.34. The van der Waals surface area contributed by atoms with Crippen molar-refractivity contribution in [1.29, 1.82) is 0 Å². The third-order valence-electron chi connectivity index (χ3n) is 4.50. The number of nitrogens with one attached hydrogen (secondary N) is 1. The van der Waals surface area contributed by atoms with Gasteiger partial charge in [0.05, 0.1) is 0 Å². The molecule has 3 heteroatoms. The molecule has 1 fully saturated rings. The second kappa shape index (κ2) is 6.51. The summed E-state index contributed by atoms with van der Waals surface area (Å²) >= 11 is 3.47. The van der Waals surface area contributed by atoms with Crippen LogP contribution in [-0.4, -0.2) is 11.9 Å². The predicted molar refractivity (Wildman–Crippen MR) is 91.5 cm³/mol. The molecule has 1 aromatic rings. The Bertz CT molecular complexity index is 498. The Balaban J connectivity index is 2.13. The predicted octanol–water partition coefficient (Wildman–Crippen LogP) is 5.09. The van der Waals surface area contributed by atoms with Gasteiger partial charge in [-0.15, -0.1) is 0 Å². The molecule has 0 saturated heterocycles. The fraction of sp³-hybridized carbons (Fsp3) is 0.611. The highest BCUT2D eigenvalue weighted by atomic mass is 79.9. The first-order valence-corrected chi connectivity index (χ1v) is 8.65. The van der Waals surface area contributed by atoms with Crippen LogP contribution in [0.1, 0.15) is 62.4 Å². The molecular weight excluding hydrogens is 326 g/mol. The first-order valence-electron chi connectivity index (χ1n) is 7.85. The largest absolute Gasteiger partial charge is 0.349 e. The number of carbonyl (C=O) groups is 1. The van der Waals surface area contributed by atoms with Crippen molar-refractivity contribution in [2.24, 2.45) is 11.3 Å². The summed E-state index contributed by atoms with van der Waals surface area (Å²) in [7, 11) is 0. The molecule has 1 aliphatic rings. The first-order chi connectivity index (χ1) is 9.77. The van der Waals surface area contributed by atoms with E-state index in [9.17, 15) is 4.79 Å². The third-order valence-corrected chi connectivity index (χ3v) is 4.96. The van der Waals surface area contributed by atoms with Gasteiger partial charge in [0.25, 0.3) is 5.91 Å². The van der Waals surface area contributed by atoms with E-state index in [1.807, 2.05) is 25.1 Å². The molecule has 0 aromatic heterocycles. The summed E-state index contributed by atoms with van der Waals surface area (Å²) in [5.41, 5.74) is 2.09. The molecule has 1 aliphatic carbocycles. The Morgan fingerprint density at radius 2 is 1.86 bits per heavy atom. The van der Waals surface area contributed by atoms with Gasteiger partial charge in [0.15, 0.2) is 0 Å². The number of benzene rings is 1. The van der Waals surface area contributed by atoms with E-state index in [0.29, 0.717) is 12.0 Å². The minimum atomic E-state index is 0.0561.